The summed E-state index contributed by atoms with van der Waals surface area (Å²) in [7, 11) is 0. The van der Waals surface area contributed by atoms with Gasteiger partial charge < -0.3 is 26.0 Å². The predicted octanol–water partition coefficient (Wildman–Crippen LogP) is 4.66. The average Bonchev–Trinajstić information content (AvgIpc) is 3.56. The number of likely N-dealkylation sites (tertiary alicyclic amines) is 1. The number of anilines is 2. The van der Waals surface area contributed by atoms with Crippen molar-refractivity contribution in [2.45, 2.75) is 37.8 Å². The molecule has 13 heteroatoms. The summed E-state index contributed by atoms with van der Waals surface area (Å²) >= 11 is 0. The zero-order chi connectivity index (χ0) is 31.2. The molecule has 2 aliphatic heterocycles. The zero-order valence-corrected chi connectivity index (χ0v) is 26.2. The van der Waals surface area contributed by atoms with E-state index in [2.05, 4.69) is 30.6 Å². The molecule has 4 N–H and O–H groups in total. The number of carbonyl (C=O) groups is 2. The van der Waals surface area contributed by atoms with Gasteiger partial charge in [0.15, 0.2) is 11.5 Å². The summed E-state index contributed by atoms with van der Waals surface area (Å²) in [6, 6.07) is 14.1. The van der Waals surface area contributed by atoms with E-state index in [1.807, 2.05) is 10.9 Å². The Morgan fingerprint density at radius 3 is 2.46 bits per heavy atom. The molecule has 4 aromatic rings. The number of hydrogen-bond donors (Lipinski definition) is 3. The molecule has 0 unspecified atom stereocenters. The van der Waals surface area contributed by atoms with E-state index in [0.717, 1.165) is 51.5 Å². The van der Waals surface area contributed by atoms with Crippen molar-refractivity contribution in [2.75, 3.05) is 43.8 Å². The van der Waals surface area contributed by atoms with Crippen LogP contribution >= 0.6 is 12.4 Å². The van der Waals surface area contributed by atoms with E-state index in [-0.39, 0.29) is 30.0 Å². The minimum atomic E-state index is -1.32. The van der Waals surface area contributed by atoms with Crippen molar-refractivity contribution in [3.05, 3.63) is 90.3 Å². The number of nitrogens with two attached hydrogens (primary N) is 1. The Kier molecular flexibility index (Phi) is 10.9. The van der Waals surface area contributed by atoms with Gasteiger partial charge in [0.25, 0.3) is 5.91 Å². The number of nitrogen functional groups attached to an aromatic ring is 1. The van der Waals surface area contributed by atoms with Crippen molar-refractivity contribution in [2.24, 2.45) is 5.92 Å². The first-order valence-electron chi connectivity index (χ1n) is 15.4. The van der Waals surface area contributed by atoms with E-state index in [0.29, 0.717) is 22.5 Å². The molecule has 0 radical (unpaired) electrons. The predicted molar refractivity (Wildman–Crippen MR) is 175 cm³/mol. The van der Waals surface area contributed by atoms with Gasteiger partial charge in [0.1, 0.15) is 5.82 Å². The summed E-state index contributed by atoms with van der Waals surface area (Å²) < 4.78 is 21.0. The average molecular weight is 649 g/mol. The fraction of sp³-hybridized carbons (Fsp3) is 0.364. The Bertz CT molecular complexity index is 1610. The molecule has 4 heterocycles. The lowest BCUT2D eigenvalue weighted by atomic mass is 9.96. The van der Waals surface area contributed by atoms with Gasteiger partial charge in [-0.3, -0.25) is 9.48 Å². The Labute approximate surface area is 273 Å². The summed E-state index contributed by atoms with van der Waals surface area (Å²) in [5, 5.41) is 10.7. The number of amides is 1. The van der Waals surface area contributed by atoms with Crippen LogP contribution in [0.3, 0.4) is 0 Å². The van der Waals surface area contributed by atoms with E-state index in [1.165, 1.54) is 43.3 Å². The highest BCUT2D eigenvalue weighted by molar-refractivity contribution is 5.99. The lowest BCUT2D eigenvalue weighted by Crippen LogP contribution is -2.40. The number of hydrogen-bond acceptors (Lipinski definition) is 9. The lowest BCUT2D eigenvalue weighted by Gasteiger charge is -2.35. The van der Waals surface area contributed by atoms with E-state index in [4.69, 9.17) is 10.5 Å². The third kappa shape index (κ3) is 8.06. The molecule has 0 spiro atoms. The van der Waals surface area contributed by atoms with Gasteiger partial charge in [-0.1, -0.05) is 30.3 Å². The molecule has 1 amide bonds. The van der Waals surface area contributed by atoms with Gasteiger partial charge in [0.05, 0.1) is 24.1 Å². The monoisotopic (exact) mass is 648 g/mol. The SMILES string of the molecule is Cl.Nc1ncc(-c2cnn(C3CCN(CC4CCNCC4)CC3)c2)nc1C(=O)O[C@@H](C(=O)Nc1ccc(F)cc1)c1ccccc1. The van der Waals surface area contributed by atoms with Crippen LogP contribution in [0.4, 0.5) is 15.9 Å². The van der Waals surface area contributed by atoms with Crippen LogP contribution in [0.2, 0.25) is 0 Å². The molecule has 6 rings (SSSR count). The van der Waals surface area contributed by atoms with Crippen LogP contribution in [-0.2, 0) is 9.53 Å². The van der Waals surface area contributed by atoms with Gasteiger partial charge in [-0.25, -0.2) is 19.2 Å². The first kappa shape index (κ1) is 33.0. The molecule has 242 valence electrons. The Balaban J connectivity index is 0.00000417. The molecule has 11 nitrogen and oxygen atoms in total. The number of nitrogens with zero attached hydrogens (tertiary/aromatic N) is 5. The van der Waals surface area contributed by atoms with Crippen molar-refractivity contribution in [3.8, 4) is 11.3 Å². The van der Waals surface area contributed by atoms with Crippen molar-refractivity contribution < 1.29 is 18.7 Å². The zero-order valence-electron chi connectivity index (χ0n) is 25.3. The van der Waals surface area contributed by atoms with Gasteiger partial charge in [-0.2, -0.15) is 5.10 Å². The number of piperidine rings is 2. The van der Waals surface area contributed by atoms with Crippen LogP contribution < -0.4 is 16.4 Å². The largest absolute Gasteiger partial charge is 0.442 e. The first-order chi connectivity index (χ1) is 21.9. The van der Waals surface area contributed by atoms with Gasteiger partial charge in [0.2, 0.25) is 6.10 Å². The molecule has 2 saturated heterocycles. The third-order valence-corrected chi connectivity index (χ3v) is 8.47. The van der Waals surface area contributed by atoms with Gasteiger partial charge in [-0.15, -0.1) is 12.4 Å². The second-order valence-electron chi connectivity index (χ2n) is 11.6. The van der Waals surface area contributed by atoms with Crippen molar-refractivity contribution in [1.29, 1.82) is 0 Å². The topological polar surface area (TPSA) is 140 Å². The van der Waals surface area contributed by atoms with Gasteiger partial charge >= 0.3 is 5.97 Å². The van der Waals surface area contributed by atoms with Gasteiger partial charge in [-0.05, 0) is 69.0 Å². The Hall–Kier alpha value is -4.39. The maximum Gasteiger partial charge on any atom is 0.361 e. The highest BCUT2D eigenvalue weighted by Gasteiger charge is 2.29. The fourth-order valence-electron chi connectivity index (χ4n) is 5.96. The molecule has 0 bridgehead atoms. The van der Waals surface area contributed by atoms with E-state index < -0.39 is 23.8 Å². The second-order valence-corrected chi connectivity index (χ2v) is 11.6. The highest BCUT2D eigenvalue weighted by Crippen LogP contribution is 2.28. The second kappa shape index (κ2) is 15.3. The number of carbonyl (C=O) groups excluding carboxylic acids is 2. The molecule has 1 atom stereocenters. The maximum atomic E-state index is 13.4. The fourth-order valence-corrected chi connectivity index (χ4v) is 5.96. The Morgan fingerprint density at radius 1 is 1.02 bits per heavy atom. The molecule has 0 saturated carbocycles. The van der Waals surface area contributed by atoms with Crippen LogP contribution in [0, 0.1) is 11.7 Å². The molecular formula is C33H38ClFN8O3. The molecule has 2 aromatic heterocycles. The number of rotatable bonds is 9. The lowest BCUT2D eigenvalue weighted by molar-refractivity contribution is -0.125. The summed E-state index contributed by atoms with van der Waals surface area (Å²) in [5.41, 5.74) is 7.76. The third-order valence-electron chi connectivity index (χ3n) is 8.47. The molecule has 0 aliphatic carbocycles. The minimum absolute atomic E-state index is 0. The summed E-state index contributed by atoms with van der Waals surface area (Å²) in [6.45, 7) is 5.48. The van der Waals surface area contributed by atoms with Crippen LogP contribution in [0.25, 0.3) is 11.3 Å². The smallest absolute Gasteiger partial charge is 0.361 e. The molecule has 46 heavy (non-hydrogen) atoms. The number of benzene rings is 2. The molecule has 2 aliphatic rings. The van der Waals surface area contributed by atoms with Crippen LogP contribution in [0.15, 0.2) is 73.2 Å². The maximum absolute atomic E-state index is 13.4. The summed E-state index contributed by atoms with van der Waals surface area (Å²) in [6.07, 6.45) is 8.32. The van der Waals surface area contributed by atoms with E-state index >= 15 is 0 Å². The van der Waals surface area contributed by atoms with Crippen LogP contribution in [0.1, 0.15) is 53.9 Å². The molecule has 2 fully saturated rings. The number of ether oxygens (including phenoxy) is 1. The minimum Gasteiger partial charge on any atom is -0.442 e. The van der Waals surface area contributed by atoms with Gasteiger partial charge in [0, 0.05) is 42.6 Å². The summed E-state index contributed by atoms with van der Waals surface area (Å²) in [5.74, 6) is -1.31. The Morgan fingerprint density at radius 2 is 1.74 bits per heavy atom. The quantitative estimate of drug-likeness (QED) is 0.221. The molecular weight excluding hydrogens is 611 g/mol. The normalized spacial score (nSPS) is 16.7. The van der Waals surface area contributed by atoms with Crippen LogP contribution in [0.5, 0.6) is 0 Å². The number of halogens is 2. The molecule has 2 aromatic carbocycles. The number of esters is 1. The van der Waals surface area contributed by atoms with E-state index in [9.17, 15) is 14.0 Å². The van der Waals surface area contributed by atoms with Crippen molar-refractivity contribution in [3.63, 3.8) is 0 Å². The van der Waals surface area contributed by atoms with Crippen molar-refractivity contribution in [1.82, 2.24) is 30.0 Å². The standard InChI is InChI=1S/C33H37FN8O3.ClH/c34-25-6-8-26(9-7-25)39-32(43)30(23-4-2-1-3-5-23)45-33(44)29-31(35)37-19-28(40-29)24-18-38-42(21-24)27-12-16-41(17-13-27)20-22-10-14-36-15-11-22;/h1-9,18-19,21-22,27,30,36H,10-17,20H2,(H2,35,37)(H,39,43);1H/t30-;/m1./s1. The first-order valence-corrected chi connectivity index (χ1v) is 15.4. The number of aromatic nitrogens is 4. The number of nitrogens with one attached hydrogen (secondary N) is 2. The van der Waals surface area contributed by atoms with Crippen molar-refractivity contribution >= 4 is 35.8 Å². The van der Waals surface area contributed by atoms with Crippen LogP contribution in [-0.4, -0.2) is 69.2 Å². The highest BCUT2D eigenvalue weighted by atomic mass is 35.5. The van der Waals surface area contributed by atoms with E-state index in [1.54, 1.807) is 36.5 Å². The summed E-state index contributed by atoms with van der Waals surface area (Å²) in [4.78, 5) is 37.9.